The zero-order valence-corrected chi connectivity index (χ0v) is 13.9. The van der Waals surface area contributed by atoms with Crippen LogP contribution < -0.4 is 4.90 Å². The Morgan fingerprint density at radius 3 is 2.52 bits per heavy atom. The molecule has 0 saturated carbocycles. The second-order valence-electron chi connectivity index (χ2n) is 5.59. The number of carbonyl (C=O) groups excluding carboxylic acids is 1. The Morgan fingerprint density at radius 2 is 1.87 bits per heavy atom. The molecule has 1 fully saturated rings. The van der Waals surface area contributed by atoms with Crippen molar-refractivity contribution in [3.63, 3.8) is 0 Å². The number of piperazine rings is 1. The van der Waals surface area contributed by atoms with Gasteiger partial charge in [-0.15, -0.1) is 10.2 Å². The van der Waals surface area contributed by atoms with Crippen LogP contribution in [0, 0.1) is 0 Å². The van der Waals surface area contributed by atoms with Crippen LogP contribution in [0.2, 0.25) is 5.02 Å². The van der Waals surface area contributed by atoms with E-state index in [4.69, 9.17) is 11.6 Å². The number of carbonyl (C=O) groups is 1. The summed E-state index contributed by atoms with van der Waals surface area (Å²) in [5.74, 6) is 0.241. The number of rotatable bonds is 4. The molecule has 0 spiro atoms. The van der Waals surface area contributed by atoms with Crippen LogP contribution in [0.15, 0.2) is 30.9 Å². The summed E-state index contributed by atoms with van der Waals surface area (Å²) < 4.78 is 1.86. The summed E-state index contributed by atoms with van der Waals surface area (Å²) in [5, 5.41) is 8.44. The first-order valence-corrected chi connectivity index (χ1v) is 8.24. The standard InChI is InChI=1S/C16H20ClN5O/c1-2-4-15(23)20-7-9-21(10-8-20)16-13(17)5-3-6-14(16)22-11-18-19-12-22/h3,5-6,11-12H,2,4,7-10H2,1H3. The molecule has 0 aliphatic carbocycles. The van der Waals surface area contributed by atoms with Crippen molar-refractivity contribution in [3.8, 4) is 5.69 Å². The number of aromatic nitrogens is 3. The van der Waals surface area contributed by atoms with Gasteiger partial charge < -0.3 is 9.80 Å². The number of hydrogen-bond donors (Lipinski definition) is 0. The molecule has 2 aromatic rings. The number of hydrogen-bond acceptors (Lipinski definition) is 4. The monoisotopic (exact) mass is 333 g/mol. The second-order valence-corrected chi connectivity index (χ2v) is 6.00. The highest BCUT2D eigenvalue weighted by molar-refractivity contribution is 6.33. The third kappa shape index (κ3) is 3.32. The molecule has 0 atom stereocenters. The van der Waals surface area contributed by atoms with E-state index < -0.39 is 0 Å². The summed E-state index contributed by atoms with van der Waals surface area (Å²) in [6, 6.07) is 5.81. The van der Waals surface area contributed by atoms with Gasteiger partial charge in [-0.2, -0.15) is 0 Å². The predicted octanol–water partition coefficient (Wildman–Crippen LogP) is 2.37. The van der Waals surface area contributed by atoms with E-state index in [9.17, 15) is 4.79 Å². The molecular formula is C16H20ClN5O. The first-order valence-electron chi connectivity index (χ1n) is 7.87. The van der Waals surface area contributed by atoms with Gasteiger partial charge in [0.15, 0.2) is 0 Å². The fourth-order valence-electron chi connectivity index (χ4n) is 2.90. The van der Waals surface area contributed by atoms with E-state index in [0.717, 1.165) is 44.0 Å². The van der Waals surface area contributed by atoms with E-state index >= 15 is 0 Å². The summed E-state index contributed by atoms with van der Waals surface area (Å²) in [4.78, 5) is 16.2. The van der Waals surface area contributed by atoms with Crippen LogP contribution in [0.25, 0.3) is 5.69 Å². The zero-order chi connectivity index (χ0) is 16.2. The molecule has 1 amide bonds. The maximum absolute atomic E-state index is 12.0. The number of anilines is 1. The largest absolute Gasteiger partial charge is 0.365 e. The summed E-state index contributed by atoms with van der Waals surface area (Å²) >= 11 is 6.45. The fourth-order valence-corrected chi connectivity index (χ4v) is 3.19. The van der Waals surface area contributed by atoms with Gasteiger partial charge in [0.25, 0.3) is 0 Å². The van der Waals surface area contributed by atoms with E-state index in [1.807, 2.05) is 34.6 Å². The first-order chi connectivity index (χ1) is 11.2. The molecule has 6 nitrogen and oxygen atoms in total. The van der Waals surface area contributed by atoms with Crippen LogP contribution in [-0.2, 0) is 4.79 Å². The van der Waals surface area contributed by atoms with Gasteiger partial charge >= 0.3 is 0 Å². The Morgan fingerprint density at radius 1 is 1.17 bits per heavy atom. The maximum Gasteiger partial charge on any atom is 0.222 e. The average molecular weight is 334 g/mol. The summed E-state index contributed by atoms with van der Waals surface area (Å²) in [6.07, 6.45) is 4.84. The molecule has 1 saturated heterocycles. The average Bonchev–Trinajstić information content (AvgIpc) is 3.09. The maximum atomic E-state index is 12.0. The topological polar surface area (TPSA) is 54.3 Å². The molecule has 122 valence electrons. The minimum Gasteiger partial charge on any atom is -0.365 e. The van der Waals surface area contributed by atoms with Crippen molar-refractivity contribution in [2.24, 2.45) is 0 Å². The Hall–Kier alpha value is -2.08. The quantitative estimate of drug-likeness (QED) is 0.862. The molecule has 3 rings (SSSR count). The molecule has 0 N–H and O–H groups in total. The van der Waals surface area contributed by atoms with Gasteiger partial charge in [-0.05, 0) is 18.6 Å². The van der Waals surface area contributed by atoms with Crippen molar-refractivity contribution in [3.05, 3.63) is 35.9 Å². The third-order valence-electron chi connectivity index (χ3n) is 4.07. The van der Waals surface area contributed by atoms with Crippen molar-refractivity contribution >= 4 is 23.2 Å². The van der Waals surface area contributed by atoms with Crippen LogP contribution in [0.1, 0.15) is 19.8 Å². The van der Waals surface area contributed by atoms with E-state index in [-0.39, 0.29) is 5.91 Å². The van der Waals surface area contributed by atoms with Crippen LogP contribution in [-0.4, -0.2) is 51.8 Å². The van der Waals surface area contributed by atoms with Gasteiger partial charge in [-0.1, -0.05) is 24.6 Å². The number of nitrogens with zero attached hydrogens (tertiary/aromatic N) is 5. The van der Waals surface area contributed by atoms with Crippen molar-refractivity contribution in [1.82, 2.24) is 19.7 Å². The van der Waals surface area contributed by atoms with Gasteiger partial charge in [-0.25, -0.2) is 0 Å². The summed E-state index contributed by atoms with van der Waals surface area (Å²) in [5.41, 5.74) is 1.92. The molecule has 1 aromatic heterocycles. The lowest BCUT2D eigenvalue weighted by Crippen LogP contribution is -2.49. The smallest absolute Gasteiger partial charge is 0.222 e. The van der Waals surface area contributed by atoms with Crippen LogP contribution in [0.5, 0.6) is 0 Å². The highest BCUT2D eigenvalue weighted by Gasteiger charge is 2.24. The minimum atomic E-state index is 0.241. The molecule has 0 bridgehead atoms. The van der Waals surface area contributed by atoms with Gasteiger partial charge in [0.05, 0.1) is 16.4 Å². The van der Waals surface area contributed by atoms with E-state index in [0.29, 0.717) is 11.4 Å². The third-order valence-corrected chi connectivity index (χ3v) is 4.38. The van der Waals surface area contributed by atoms with Gasteiger partial charge in [0, 0.05) is 32.6 Å². The zero-order valence-electron chi connectivity index (χ0n) is 13.2. The predicted molar refractivity (Wildman–Crippen MR) is 90.1 cm³/mol. The normalized spacial score (nSPS) is 15.0. The summed E-state index contributed by atoms with van der Waals surface area (Å²) in [7, 11) is 0. The van der Waals surface area contributed by atoms with E-state index in [2.05, 4.69) is 15.1 Å². The Balaban J connectivity index is 1.80. The number of amides is 1. The molecular weight excluding hydrogens is 314 g/mol. The molecule has 0 radical (unpaired) electrons. The molecule has 0 unspecified atom stereocenters. The number of para-hydroxylation sites is 1. The number of halogens is 1. The lowest BCUT2D eigenvalue weighted by atomic mass is 10.2. The minimum absolute atomic E-state index is 0.241. The van der Waals surface area contributed by atoms with Crippen molar-refractivity contribution in [2.45, 2.75) is 19.8 Å². The number of benzene rings is 1. The van der Waals surface area contributed by atoms with Crippen LogP contribution >= 0.6 is 11.6 Å². The lowest BCUT2D eigenvalue weighted by molar-refractivity contribution is -0.131. The Kier molecular flexibility index (Phi) is 4.81. The molecule has 23 heavy (non-hydrogen) atoms. The second kappa shape index (κ2) is 7.00. The fraction of sp³-hybridized carbons (Fsp3) is 0.438. The SMILES string of the molecule is CCCC(=O)N1CCN(c2c(Cl)cccc2-n2cnnc2)CC1. The molecule has 1 aliphatic rings. The van der Waals surface area contributed by atoms with Gasteiger partial charge in [0.2, 0.25) is 5.91 Å². The van der Waals surface area contributed by atoms with Crippen molar-refractivity contribution < 1.29 is 4.79 Å². The van der Waals surface area contributed by atoms with E-state index in [1.165, 1.54) is 0 Å². The highest BCUT2D eigenvalue weighted by Crippen LogP contribution is 2.33. The first kappa shape index (κ1) is 15.8. The van der Waals surface area contributed by atoms with Crippen molar-refractivity contribution in [1.29, 1.82) is 0 Å². The van der Waals surface area contributed by atoms with Crippen LogP contribution in [0.4, 0.5) is 5.69 Å². The molecule has 2 heterocycles. The van der Waals surface area contributed by atoms with E-state index in [1.54, 1.807) is 12.7 Å². The van der Waals surface area contributed by atoms with Crippen LogP contribution in [0.3, 0.4) is 0 Å². The lowest BCUT2D eigenvalue weighted by Gasteiger charge is -2.37. The Bertz CT molecular complexity index is 665. The Labute approximate surface area is 140 Å². The molecule has 1 aliphatic heterocycles. The highest BCUT2D eigenvalue weighted by atomic mass is 35.5. The molecule has 1 aromatic carbocycles. The molecule has 7 heteroatoms. The van der Waals surface area contributed by atoms with Gasteiger partial charge in [-0.3, -0.25) is 9.36 Å². The van der Waals surface area contributed by atoms with Gasteiger partial charge in [0.1, 0.15) is 12.7 Å². The summed E-state index contributed by atoms with van der Waals surface area (Å²) in [6.45, 7) is 5.03. The van der Waals surface area contributed by atoms with Crippen molar-refractivity contribution in [2.75, 3.05) is 31.1 Å².